The molecule has 0 aliphatic heterocycles. The van der Waals surface area contributed by atoms with E-state index in [1.165, 1.54) is 11.1 Å². The lowest BCUT2D eigenvalue weighted by Crippen LogP contribution is -2.42. The first-order valence-corrected chi connectivity index (χ1v) is 7.76. The standard InChI is InChI=1S/C19H25NO/c1-2-18(15-21)20-19(13-16-9-5-3-6-10-16)14-17-11-7-4-8-12-17/h3-12,18-21H,2,13-15H2,1H3. The second-order valence-corrected chi connectivity index (χ2v) is 5.53. The summed E-state index contributed by atoms with van der Waals surface area (Å²) in [6.07, 6.45) is 2.90. The lowest BCUT2D eigenvalue weighted by atomic mass is 9.98. The molecule has 0 saturated heterocycles. The van der Waals surface area contributed by atoms with Crippen LogP contribution in [0.2, 0.25) is 0 Å². The predicted molar refractivity (Wildman–Crippen MR) is 88.4 cm³/mol. The van der Waals surface area contributed by atoms with Crippen molar-refractivity contribution in [2.24, 2.45) is 0 Å². The van der Waals surface area contributed by atoms with Crippen molar-refractivity contribution in [3.8, 4) is 0 Å². The van der Waals surface area contributed by atoms with Gasteiger partial charge in [0.2, 0.25) is 0 Å². The van der Waals surface area contributed by atoms with Gasteiger partial charge in [-0.25, -0.2) is 0 Å². The lowest BCUT2D eigenvalue weighted by molar-refractivity contribution is 0.226. The van der Waals surface area contributed by atoms with Crippen LogP contribution < -0.4 is 5.32 Å². The Hall–Kier alpha value is -1.64. The highest BCUT2D eigenvalue weighted by Crippen LogP contribution is 2.10. The normalized spacial score (nSPS) is 12.5. The third-order valence-corrected chi connectivity index (χ3v) is 3.83. The Labute approximate surface area is 127 Å². The lowest BCUT2D eigenvalue weighted by Gasteiger charge is -2.24. The molecular weight excluding hydrogens is 258 g/mol. The van der Waals surface area contributed by atoms with Gasteiger partial charge >= 0.3 is 0 Å². The van der Waals surface area contributed by atoms with Crippen molar-refractivity contribution in [1.29, 1.82) is 0 Å². The van der Waals surface area contributed by atoms with E-state index in [-0.39, 0.29) is 12.6 Å². The molecule has 2 heteroatoms. The molecular formula is C19H25NO. The minimum Gasteiger partial charge on any atom is -0.395 e. The maximum atomic E-state index is 9.44. The molecule has 2 nitrogen and oxygen atoms in total. The third-order valence-electron chi connectivity index (χ3n) is 3.83. The zero-order chi connectivity index (χ0) is 14.9. The van der Waals surface area contributed by atoms with E-state index in [0.29, 0.717) is 6.04 Å². The zero-order valence-electron chi connectivity index (χ0n) is 12.7. The molecule has 0 heterocycles. The fourth-order valence-electron chi connectivity index (χ4n) is 2.62. The van der Waals surface area contributed by atoms with Crippen molar-refractivity contribution in [1.82, 2.24) is 5.32 Å². The van der Waals surface area contributed by atoms with Crippen molar-refractivity contribution in [3.63, 3.8) is 0 Å². The van der Waals surface area contributed by atoms with Crippen LogP contribution in [0.3, 0.4) is 0 Å². The van der Waals surface area contributed by atoms with Gasteiger partial charge in [-0.2, -0.15) is 0 Å². The largest absolute Gasteiger partial charge is 0.395 e. The van der Waals surface area contributed by atoms with Crippen LogP contribution in [-0.2, 0) is 12.8 Å². The van der Waals surface area contributed by atoms with Gasteiger partial charge in [0.05, 0.1) is 6.61 Å². The molecule has 2 N–H and O–H groups in total. The van der Waals surface area contributed by atoms with E-state index in [9.17, 15) is 5.11 Å². The molecule has 2 aromatic rings. The van der Waals surface area contributed by atoms with Crippen molar-refractivity contribution < 1.29 is 5.11 Å². The number of hydrogen-bond donors (Lipinski definition) is 2. The van der Waals surface area contributed by atoms with Gasteiger partial charge < -0.3 is 10.4 Å². The second kappa shape index (κ2) is 8.60. The minimum absolute atomic E-state index is 0.169. The van der Waals surface area contributed by atoms with E-state index in [0.717, 1.165) is 19.3 Å². The van der Waals surface area contributed by atoms with Crippen LogP contribution in [-0.4, -0.2) is 23.8 Å². The molecule has 0 aliphatic carbocycles. The summed E-state index contributed by atoms with van der Waals surface area (Å²) in [5, 5.41) is 13.0. The first kappa shape index (κ1) is 15.7. The molecule has 1 atom stereocenters. The quantitative estimate of drug-likeness (QED) is 0.780. The molecule has 2 aromatic carbocycles. The summed E-state index contributed by atoms with van der Waals surface area (Å²) >= 11 is 0. The van der Waals surface area contributed by atoms with Gasteiger partial charge in [-0.3, -0.25) is 0 Å². The Morgan fingerprint density at radius 3 is 1.67 bits per heavy atom. The number of hydrogen-bond acceptors (Lipinski definition) is 2. The summed E-state index contributed by atoms with van der Waals surface area (Å²) in [5.74, 6) is 0. The van der Waals surface area contributed by atoms with Crippen molar-refractivity contribution in [2.45, 2.75) is 38.3 Å². The number of benzene rings is 2. The highest BCUT2D eigenvalue weighted by Gasteiger charge is 2.14. The van der Waals surface area contributed by atoms with Gasteiger partial charge in [-0.1, -0.05) is 67.6 Å². The highest BCUT2D eigenvalue weighted by molar-refractivity contribution is 5.19. The minimum atomic E-state index is 0.169. The Morgan fingerprint density at radius 2 is 1.29 bits per heavy atom. The summed E-state index contributed by atoms with van der Waals surface area (Å²) in [5.41, 5.74) is 2.66. The SMILES string of the molecule is CCC(CO)NC(Cc1ccccc1)Cc1ccccc1. The average molecular weight is 283 g/mol. The summed E-state index contributed by atoms with van der Waals surface area (Å²) in [6, 6.07) is 21.6. The first-order valence-electron chi connectivity index (χ1n) is 7.76. The van der Waals surface area contributed by atoms with E-state index in [4.69, 9.17) is 0 Å². The number of nitrogens with one attached hydrogen (secondary N) is 1. The summed E-state index contributed by atoms with van der Waals surface area (Å²) in [7, 11) is 0. The summed E-state index contributed by atoms with van der Waals surface area (Å²) < 4.78 is 0. The molecule has 0 radical (unpaired) electrons. The van der Waals surface area contributed by atoms with Gasteiger partial charge in [0, 0.05) is 12.1 Å². The Morgan fingerprint density at radius 1 is 0.810 bits per heavy atom. The molecule has 1 unspecified atom stereocenters. The number of rotatable bonds is 8. The van der Waals surface area contributed by atoms with E-state index in [1.54, 1.807) is 0 Å². The maximum absolute atomic E-state index is 9.44. The predicted octanol–water partition coefficient (Wildman–Crippen LogP) is 3.20. The molecule has 0 bridgehead atoms. The van der Waals surface area contributed by atoms with Crippen molar-refractivity contribution in [2.75, 3.05) is 6.61 Å². The van der Waals surface area contributed by atoms with Crippen molar-refractivity contribution >= 4 is 0 Å². The Kier molecular flexibility index (Phi) is 6.45. The van der Waals surface area contributed by atoms with E-state index in [2.05, 4.69) is 60.8 Å². The smallest absolute Gasteiger partial charge is 0.0584 e. The first-order chi connectivity index (χ1) is 10.3. The molecule has 0 fully saturated rings. The summed E-state index contributed by atoms with van der Waals surface area (Å²) in [6.45, 7) is 2.30. The topological polar surface area (TPSA) is 32.3 Å². The van der Waals surface area contributed by atoms with Gasteiger partial charge in [0.15, 0.2) is 0 Å². The average Bonchev–Trinajstić information content (AvgIpc) is 2.54. The van der Waals surface area contributed by atoms with Crippen LogP contribution >= 0.6 is 0 Å². The highest BCUT2D eigenvalue weighted by atomic mass is 16.3. The van der Waals surface area contributed by atoms with Gasteiger partial charge in [-0.15, -0.1) is 0 Å². The van der Waals surface area contributed by atoms with Crippen LogP contribution in [0.1, 0.15) is 24.5 Å². The summed E-state index contributed by atoms with van der Waals surface area (Å²) in [4.78, 5) is 0. The Bertz CT molecular complexity index is 452. The maximum Gasteiger partial charge on any atom is 0.0584 e. The monoisotopic (exact) mass is 283 g/mol. The molecule has 0 aliphatic rings. The van der Waals surface area contributed by atoms with Crippen LogP contribution in [0.4, 0.5) is 0 Å². The van der Waals surface area contributed by atoms with Gasteiger partial charge in [0.25, 0.3) is 0 Å². The van der Waals surface area contributed by atoms with Gasteiger partial charge in [0.1, 0.15) is 0 Å². The molecule has 2 rings (SSSR count). The fraction of sp³-hybridized carbons (Fsp3) is 0.368. The fourth-order valence-corrected chi connectivity index (χ4v) is 2.62. The van der Waals surface area contributed by atoms with E-state index in [1.807, 2.05) is 12.1 Å². The van der Waals surface area contributed by atoms with E-state index < -0.39 is 0 Å². The molecule has 0 spiro atoms. The molecule has 0 aromatic heterocycles. The molecule has 112 valence electrons. The Balaban J connectivity index is 2.06. The molecule has 0 saturated carbocycles. The number of aliphatic hydroxyl groups excluding tert-OH is 1. The van der Waals surface area contributed by atoms with Crippen LogP contribution in [0.15, 0.2) is 60.7 Å². The van der Waals surface area contributed by atoms with E-state index >= 15 is 0 Å². The van der Waals surface area contributed by atoms with Crippen LogP contribution in [0.5, 0.6) is 0 Å². The van der Waals surface area contributed by atoms with Crippen LogP contribution in [0.25, 0.3) is 0 Å². The zero-order valence-corrected chi connectivity index (χ0v) is 12.7. The number of aliphatic hydroxyl groups is 1. The second-order valence-electron chi connectivity index (χ2n) is 5.53. The third kappa shape index (κ3) is 5.33. The van der Waals surface area contributed by atoms with Crippen molar-refractivity contribution in [3.05, 3.63) is 71.8 Å². The molecule has 0 amide bonds. The molecule has 21 heavy (non-hydrogen) atoms. The van der Waals surface area contributed by atoms with Gasteiger partial charge in [-0.05, 0) is 30.4 Å². The van der Waals surface area contributed by atoms with Crippen LogP contribution in [0, 0.1) is 0 Å².